The Morgan fingerprint density at radius 1 is 1.37 bits per heavy atom. The van der Waals surface area contributed by atoms with Crippen molar-refractivity contribution in [1.29, 1.82) is 0 Å². The summed E-state index contributed by atoms with van der Waals surface area (Å²) in [5, 5.41) is 0. The minimum Gasteiger partial charge on any atom is -0.473 e. The molecule has 0 aliphatic carbocycles. The van der Waals surface area contributed by atoms with Gasteiger partial charge in [-0.25, -0.2) is 0 Å². The first-order valence-corrected chi connectivity index (χ1v) is 7.05. The van der Waals surface area contributed by atoms with Crippen LogP contribution in [0.1, 0.15) is 40.5 Å². The summed E-state index contributed by atoms with van der Waals surface area (Å²) in [6.07, 6.45) is 2.57. The molecule has 2 N–H and O–H groups in total. The Kier molecular flexibility index (Phi) is 3.88. The first-order chi connectivity index (χ1) is 8.87. The van der Waals surface area contributed by atoms with Gasteiger partial charge < -0.3 is 15.4 Å². The quantitative estimate of drug-likeness (QED) is 0.910. The molecule has 0 saturated carbocycles. The van der Waals surface area contributed by atoms with E-state index in [2.05, 4.69) is 23.7 Å². The summed E-state index contributed by atoms with van der Waals surface area (Å²) < 4.78 is 5.67. The van der Waals surface area contributed by atoms with Crippen molar-refractivity contribution >= 4 is 11.5 Å². The van der Waals surface area contributed by atoms with Gasteiger partial charge >= 0.3 is 0 Å². The number of hydrogen-bond acceptors (Lipinski definition) is 4. The smallest absolute Gasteiger partial charge is 0.239 e. The Labute approximate surface area is 116 Å². The largest absolute Gasteiger partial charge is 0.473 e. The van der Waals surface area contributed by atoms with Crippen molar-refractivity contribution in [2.24, 2.45) is 5.41 Å². The fourth-order valence-corrected chi connectivity index (χ4v) is 2.55. The summed E-state index contributed by atoms with van der Waals surface area (Å²) in [7, 11) is 0. The van der Waals surface area contributed by atoms with Crippen molar-refractivity contribution < 1.29 is 4.74 Å². The first kappa shape index (κ1) is 14.0. The zero-order chi connectivity index (χ0) is 14.0. The second-order valence-electron chi connectivity index (χ2n) is 6.42. The van der Waals surface area contributed by atoms with Crippen LogP contribution >= 0.6 is 0 Å². The molecule has 4 nitrogen and oxygen atoms in total. The minimum absolute atomic E-state index is 0.0860. The lowest BCUT2D eigenvalue weighted by Gasteiger charge is -2.38. The molecule has 0 bridgehead atoms. The molecule has 1 fully saturated rings. The van der Waals surface area contributed by atoms with Gasteiger partial charge in [-0.05, 0) is 44.2 Å². The fourth-order valence-electron chi connectivity index (χ4n) is 2.55. The van der Waals surface area contributed by atoms with Crippen LogP contribution in [0.4, 0.5) is 11.5 Å². The zero-order valence-corrected chi connectivity index (χ0v) is 12.4. The third-order valence-corrected chi connectivity index (χ3v) is 3.45. The highest BCUT2D eigenvalue weighted by molar-refractivity contribution is 5.54. The van der Waals surface area contributed by atoms with Gasteiger partial charge in [0.2, 0.25) is 5.88 Å². The third-order valence-electron chi connectivity index (χ3n) is 3.45. The summed E-state index contributed by atoms with van der Waals surface area (Å²) in [6, 6.07) is 3.88. The first-order valence-electron chi connectivity index (χ1n) is 7.05. The Morgan fingerprint density at radius 3 is 2.74 bits per heavy atom. The minimum atomic E-state index is 0.0860. The predicted molar refractivity (Wildman–Crippen MR) is 79.6 cm³/mol. The van der Waals surface area contributed by atoms with Gasteiger partial charge in [0.05, 0.1) is 11.8 Å². The molecule has 4 heteroatoms. The number of nitrogens with zero attached hydrogens (tertiary/aromatic N) is 2. The number of pyridine rings is 1. The lowest BCUT2D eigenvalue weighted by Crippen LogP contribution is -2.40. The second-order valence-corrected chi connectivity index (χ2v) is 6.42. The van der Waals surface area contributed by atoms with Gasteiger partial charge in [0.15, 0.2) is 0 Å². The van der Waals surface area contributed by atoms with Crippen LogP contribution in [-0.4, -0.2) is 24.2 Å². The highest BCUT2D eigenvalue weighted by Crippen LogP contribution is 2.32. The summed E-state index contributed by atoms with van der Waals surface area (Å²) in [5.74, 6) is 1.52. The lowest BCUT2D eigenvalue weighted by atomic mass is 9.84. The van der Waals surface area contributed by atoms with Crippen molar-refractivity contribution in [3.8, 4) is 5.88 Å². The third kappa shape index (κ3) is 3.52. The number of aromatic nitrogens is 1. The molecule has 0 amide bonds. The summed E-state index contributed by atoms with van der Waals surface area (Å²) >= 11 is 0. The van der Waals surface area contributed by atoms with Gasteiger partial charge in [-0.1, -0.05) is 13.8 Å². The molecular weight excluding hydrogens is 238 g/mol. The van der Waals surface area contributed by atoms with E-state index in [-0.39, 0.29) is 6.10 Å². The van der Waals surface area contributed by atoms with Crippen LogP contribution in [0, 0.1) is 5.41 Å². The maximum atomic E-state index is 5.91. The highest BCUT2D eigenvalue weighted by Gasteiger charge is 2.27. The van der Waals surface area contributed by atoms with Crippen molar-refractivity contribution in [2.45, 2.75) is 46.6 Å². The normalized spacial score (nSPS) is 18.7. The van der Waals surface area contributed by atoms with Gasteiger partial charge in [-0.3, -0.25) is 0 Å². The number of hydrogen-bond donors (Lipinski definition) is 1. The van der Waals surface area contributed by atoms with Crippen LogP contribution in [0.3, 0.4) is 0 Å². The summed E-state index contributed by atoms with van der Waals surface area (Å²) in [4.78, 5) is 6.91. The average molecular weight is 263 g/mol. The Balaban J connectivity index is 2.20. The maximum absolute atomic E-state index is 5.91. The molecule has 2 rings (SSSR count). The predicted octanol–water partition coefficient (Wildman–Crippen LogP) is 3.08. The molecule has 0 atom stereocenters. The van der Waals surface area contributed by atoms with E-state index < -0.39 is 0 Å². The SMILES string of the molecule is CC(C)Oc1nc(N2CCCC(C)(C)C2)ccc1N. The molecule has 1 aromatic rings. The molecule has 1 aliphatic heterocycles. The number of nitrogens with two attached hydrogens (primary N) is 1. The van der Waals surface area contributed by atoms with Crippen molar-refractivity contribution in [3.63, 3.8) is 0 Å². The molecule has 2 heterocycles. The second kappa shape index (κ2) is 5.27. The molecule has 1 aromatic heterocycles. The summed E-state index contributed by atoms with van der Waals surface area (Å²) in [6.45, 7) is 10.7. The fraction of sp³-hybridized carbons (Fsp3) is 0.667. The number of nitrogen functional groups attached to an aromatic ring is 1. The number of anilines is 2. The van der Waals surface area contributed by atoms with Gasteiger partial charge in [0, 0.05) is 13.1 Å². The van der Waals surface area contributed by atoms with Crippen molar-refractivity contribution in [3.05, 3.63) is 12.1 Å². The molecule has 0 spiro atoms. The molecular formula is C15H25N3O. The van der Waals surface area contributed by atoms with Crippen LogP contribution in [0.5, 0.6) is 5.88 Å². The van der Waals surface area contributed by atoms with Crippen molar-refractivity contribution in [1.82, 2.24) is 4.98 Å². The van der Waals surface area contributed by atoms with Crippen LogP contribution in [0.25, 0.3) is 0 Å². The van der Waals surface area contributed by atoms with Crippen molar-refractivity contribution in [2.75, 3.05) is 23.7 Å². The maximum Gasteiger partial charge on any atom is 0.239 e. The Hall–Kier alpha value is -1.45. The van der Waals surface area contributed by atoms with Gasteiger partial charge in [-0.2, -0.15) is 4.98 Å². The topological polar surface area (TPSA) is 51.4 Å². The van der Waals surface area contributed by atoms with E-state index in [4.69, 9.17) is 10.5 Å². The van der Waals surface area contributed by atoms with E-state index in [1.165, 1.54) is 12.8 Å². The lowest BCUT2D eigenvalue weighted by molar-refractivity contribution is 0.233. The number of rotatable bonds is 3. The highest BCUT2D eigenvalue weighted by atomic mass is 16.5. The van der Waals surface area contributed by atoms with Crippen LogP contribution in [-0.2, 0) is 0 Å². The number of piperidine rings is 1. The van der Waals surface area contributed by atoms with Crippen LogP contribution in [0.2, 0.25) is 0 Å². The van der Waals surface area contributed by atoms with E-state index in [1.54, 1.807) is 0 Å². The monoisotopic (exact) mass is 263 g/mol. The van der Waals surface area contributed by atoms with E-state index in [0.717, 1.165) is 18.9 Å². The Morgan fingerprint density at radius 2 is 2.11 bits per heavy atom. The zero-order valence-electron chi connectivity index (χ0n) is 12.4. The van der Waals surface area contributed by atoms with E-state index in [9.17, 15) is 0 Å². The van der Waals surface area contributed by atoms with Gasteiger partial charge in [0.25, 0.3) is 0 Å². The van der Waals surface area contributed by atoms with Crippen LogP contribution in [0.15, 0.2) is 12.1 Å². The summed E-state index contributed by atoms with van der Waals surface area (Å²) in [5.41, 5.74) is 6.87. The molecule has 19 heavy (non-hydrogen) atoms. The molecule has 1 saturated heterocycles. The van der Waals surface area contributed by atoms with Gasteiger partial charge in [-0.15, -0.1) is 0 Å². The molecule has 0 unspecified atom stereocenters. The molecule has 106 valence electrons. The molecule has 1 aliphatic rings. The van der Waals surface area contributed by atoms with E-state index in [0.29, 0.717) is 17.0 Å². The average Bonchev–Trinajstić information content (AvgIpc) is 2.30. The van der Waals surface area contributed by atoms with E-state index >= 15 is 0 Å². The molecule has 0 radical (unpaired) electrons. The number of ether oxygens (including phenoxy) is 1. The molecule has 0 aromatic carbocycles. The Bertz CT molecular complexity index is 443. The standard InChI is InChI=1S/C15H25N3O/c1-11(2)19-14-12(16)6-7-13(17-14)18-9-5-8-15(3,4)10-18/h6-7,11H,5,8-10,16H2,1-4H3. The van der Waals surface area contributed by atoms with E-state index in [1.807, 2.05) is 26.0 Å². The van der Waals surface area contributed by atoms with Gasteiger partial charge in [0.1, 0.15) is 5.82 Å². The van der Waals surface area contributed by atoms with Crippen LogP contribution < -0.4 is 15.4 Å².